The molecule has 1 aliphatic heterocycles. The van der Waals surface area contributed by atoms with Crippen LogP contribution in [0, 0.1) is 0 Å². The van der Waals surface area contributed by atoms with Crippen LogP contribution in [0.4, 0.5) is 0 Å². The molecule has 0 bridgehead atoms. The van der Waals surface area contributed by atoms with Crippen LogP contribution in [0.15, 0.2) is 53.2 Å². The number of carboxylic acid groups (broad SMARTS) is 1. The van der Waals surface area contributed by atoms with Crippen LogP contribution in [0.5, 0.6) is 0 Å². The Morgan fingerprint density at radius 1 is 1.09 bits per heavy atom. The van der Waals surface area contributed by atoms with Crippen LogP contribution in [0.3, 0.4) is 0 Å². The molecular formula is C24H25NO5S3. The van der Waals surface area contributed by atoms with Gasteiger partial charge in [0, 0.05) is 28.2 Å². The third-order valence-corrected chi connectivity index (χ3v) is 10.8. The number of nitrogens with zero attached hydrogens (tertiary/aromatic N) is 1. The number of amides is 1. The fourth-order valence-corrected chi connectivity index (χ4v) is 8.46. The monoisotopic (exact) mass is 503 g/mol. The fourth-order valence-electron chi connectivity index (χ4n) is 4.23. The zero-order valence-corrected chi connectivity index (χ0v) is 20.6. The Labute approximate surface area is 201 Å². The van der Waals surface area contributed by atoms with Crippen LogP contribution in [-0.4, -0.2) is 49.1 Å². The maximum absolute atomic E-state index is 13.6. The van der Waals surface area contributed by atoms with Gasteiger partial charge in [-0.1, -0.05) is 31.2 Å². The topological polar surface area (TPSA) is 91.8 Å². The third kappa shape index (κ3) is 4.62. The SMILES string of the molecule is CCc1ccc(-c2ccc([C@@]3(CC(=O)O)CCN(C(=O)c4ccsc4)CCS3(=O)=O)s2)cc1. The van der Waals surface area contributed by atoms with Crippen molar-refractivity contribution in [2.45, 2.75) is 30.9 Å². The van der Waals surface area contributed by atoms with Crippen molar-refractivity contribution >= 4 is 44.4 Å². The Morgan fingerprint density at radius 2 is 1.85 bits per heavy atom. The second-order valence-electron chi connectivity index (χ2n) is 8.15. The fraction of sp³-hybridized carbons (Fsp3) is 0.333. The summed E-state index contributed by atoms with van der Waals surface area (Å²) >= 11 is 2.72. The Bertz CT molecular complexity index is 1250. The maximum Gasteiger partial charge on any atom is 0.305 e. The largest absolute Gasteiger partial charge is 0.481 e. The molecule has 9 heteroatoms. The van der Waals surface area contributed by atoms with Gasteiger partial charge in [0.05, 0.1) is 17.7 Å². The first-order valence-corrected chi connectivity index (χ1v) is 14.1. The molecule has 33 heavy (non-hydrogen) atoms. The second kappa shape index (κ2) is 9.40. The molecule has 1 saturated heterocycles. The molecule has 1 aliphatic rings. The summed E-state index contributed by atoms with van der Waals surface area (Å²) in [6, 6.07) is 13.4. The van der Waals surface area contributed by atoms with E-state index < -0.39 is 27.0 Å². The molecule has 1 aromatic carbocycles. The molecule has 174 valence electrons. The summed E-state index contributed by atoms with van der Waals surface area (Å²) in [5.74, 6) is -1.66. The minimum Gasteiger partial charge on any atom is -0.481 e. The molecule has 0 radical (unpaired) electrons. The highest BCUT2D eigenvalue weighted by molar-refractivity contribution is 7.92. The van der Waals surface area contributed by atoms with Gasteiger partial charge in [-0.15, -0.1) is 11.3 Å². The molecule has 1 N–H and O–H groups in total. The number of carboxylic acids is 1. The van der Waals surface area contributed by atoms with Gasteiger partial charge in [-0.05, 0) is 47.5 Å². The molecular weight excluding hydrogens is 478 g/mol. The van der Waals surface area contributed by atoms with Crippen LogP contribution in [0.25, 0.3) is 10.4 Å². The highest BCUT2D eigenvalue weighted by Gasteiger charge is 2.50. The summed E-state index contributed by atoms with van der Waals surface area (Å²) in [7, 11) is -3.85. The first kappa shape index (κ1) is 23.7. The number of thiophene rings is 2. The zero-order valence-electron chi connectivity index (χ0n) is 18.2. The van der Waals surface area contributed by atoms with Gasteiger partial charge < -0.3 is 10.0 Å². The highest BCUT2D eigenvalue weighted by Crippen LogP contribution is 2.45. The van der Waals surface area contributed by atoms with Gasteiger partial charge in [-0.2, -0.15) is 11.3 Å². The van der Waals surface area contributed by atoms with Crippen molar-refractivity contribution in [1.82, 2.24) is 4.90 Å². The number of aliphatic carboxylic acids is 1. The molecule has 3 aromatic rings. The zero-order chi connectivity index (χ0) is 23.6. The Kier molecular flexibility index (Phi) is 6.74. The van der Waals surface area contributed by atoms with Gasteiger partial charge in [-0.3, -0.25) is 9.59 Å². The number of carbonyl (C=O) groups excluding carboxylic acids is 1. The quantitative estimate of drug-likeness (QED) is 0.528. The Balaban J connectivity index is 1.70. The van der Waals surface area contributed by atoms with E-state index in [1.165, 1.54) is 33.1 Å². The minimum atomic E-state index is -3.85. The number of aryl methyl sites for hydroxylation is 1. The van der Waals surface area contributed by atoms with Gasteiger partial charge in [0.2, 0.25) is 0 Å². The summed E-state index contributed by atoms with van der Waals surface area (Å²) in [6.07, 6.45) is 0.452. The average molecular weight is 504 g/mol. The summed E-state index contributed by atoms with van der Waals surface area (Å²) in [6.45, 7) is 2.31. The van der Waals surface area contributed by atoms with E-state index in [4.69, 9.17) is 0 Å². The van der Waals surface area contributed by atoms with Crippen molar-refractivity contribution < 1.29 is 23.1 Å². The van der Waals surface area contributed by atoms with Gasteiger partial charge >= 0.3 is 5.97 Å². The van der Waals surface area contributed by atoms with Crippen LogP contribution in [-0.2, 0) is 25.8 Å². The molecule has 0 saturated carbocycles. The summed E-state index contributed by atoms with van der Waals surface area (Å²) < 4.78 is 25.5. The van der Waals surface area contributed by atoms with Crippen molar-refractivity contribution in [2.75, 3.05) is 18.8 Å². The molecule has 0 aliphatic carbocycles. The number of hydrogen-bond acceptors (Lipinski definition) is 6. The van der Waals surface area contributed by atoms with E-state index >= 15 is 0 Å². The predicted octanol–water partition coefficient (Wildman–Crippen LogP) is 4.67. The third-order valence-electron chi connectivity index (χ3n) is 6.20. The van der Waals surface area contributed by atoms with Crippen LogP contribution in [0.2, 0.25) is 0 Å². The standard InChI is InChI=1S/C24H25NO5S3/c1-2-17-3-5-18(6-4-17)20-7-8-21(32-20)24(15-22(26)27)10-11-25(12-14-33(24,29)30)23(28)19-9-13-31-16-19/h3-9,13,16H,2,10-12,14-15H2,1H3,(H,26,27)/t24-/m0/s1. The maximum atomic E-state index is 13.6. The summed E-state index contributed by atoms with van der Waals surface area (Å²) in [5.41, 5.74) is 2.70. The molecule has 1 atom stereocenters. The smallest absolute Gasteiger partial charge is 0.305 e. The van der Waals surface area contributed by atoms with E-state index in [2.05, 4.69) is 6.92 Å². The van der Waals surface area contributed by atoms with Crippen molar-refractivity contribution in [3.05, 3.63) is 69.2 Å². The lowest BCUT2D eigenvalue weighted by Gasteiger charge is -2.29. The highest BCUT2D eigenvalue weighted by atomic mass is 32.2. The molecule has 1 amide bonds. The van der Waals surface area contributed by atoms with Crippen LogP contribution < -0.4 is 0 Å². The molecule has 6 nitrogen and oxygen atoms in total. The molecule has 2 aromatic heterocycles. The van der Waals surface area contributed by atoms with Crippen molar-refractivity contribution in [3.8, 4) is 10.4 Å². The lowest BCUT2D eigenvalue weighted by atomic mass is 9.97. The summed E-state index contributed by atoms with van der Waals surface area (Å²) in [4.78, 5) is 27.7. The second-order valence-corrected chi connectivity index (χ2v) is 12.4. The first-order chi connectivity index (χ1) is 15.8. The Hall–Kier alpha value is -2.49. The number of sulfone groups is 1. The number of hydrogen-bond donors (Lipinski definition) is 1. The molecule has 0 spiro atoms. The van der Waals surface area contributed by atoms with E-state index in [9.17, 15) is 23.1 Å². The molecule has 3 heterocycles. The molecule has 0 unspecified atom stereocenters. The van der Waals surface area contributed by atoms with E-state index in [1.807, 2.05) is 30.3 Å². The van der Waals surface area contributed by atoms with E-state index in [1.54, 1.807) is 22.9 Å². The lowest BCUT2D eigenvalue weighted by molar-refractivity contribution is -0.137. The van der Waals surface area contributed by atoms with E-state index in [0.29, 0.717) is 10.4 Å². The average Bonchev–Trinajstić information content (AvgIpc) is 3.48. The lowest BCUT2D eigenvalue weighted by Crippen LogP contribution is -2.39. The minimum absolute atomic E-state index is 0.0479. The van der Waals surface area contributed by atoms with Gasteiger partial charge in [-0.25, -0.2) is 8.42 Å². The van der Waals surface area contributed by atoms with E-state index in [0.717, 1.165) is 16.9 Å². The molecule has 4 rings (SSSR count). The van der Waals surface area contributed by atoms with Crippen LogP contribution in [0.1, 0.15) is 40.6 Å². The first-order valence-electron chi connectivity index (χ1n) is 10.7. The Morgan fingerprint density at radius 3 is 2.48 bits per heavy atom. The number of rotatable bonds is 6. The van der Waals surface area contributed by atoms with Gasteiger partial charge in [0.25, 0.3) is 5.91 Å². The number of benzene rings is 1. The summed E-state index contributed by atoms with van der Waals surface area (Å²) in [5, 5.41) is 13.2. The van der Waals surface area contributed by atoms with Gasteiger partial charge in [0.1, 0.15) is 4.75 Å². The van der Waals surface area contributed by atoms with Crippen molar-refractivity contribution in [1.29, 1.82) is 0 Å². The van der Waals surface area contributed by atoms with Crippen molar-refractivity contribution in [2.24, 2.45) is 0 Å². The normalized spacial score (nSPS) is 20.3. The van der Waals surface area contributed by atoms with Gasteiger partial charge in [0.15, 0.2) is 9.84 Å². The van der Waals surface area contributed by atoms with E-state index in [-0.39, 0.29) is 31.2 Å². The predicted molar refractivity (Wildman–Crippen MR) is 132 cm³/mol. The van der Waals surface area contributed by atoms with Crippen molar-refractivity contribution in [3.63, 3.8) is 0 Å². The van der Waals surface area contributed by atoms with Crippen LogP contribution >= 0.6 is 22.7 Å². The number of carbonyl (C=O) groups is 2. The molecule has 1 fully saturated rings.